The molecule has 144 valence electrons. The molecule has 0 fully saturated rings. The molecular weight excluding hydrogens is 398 g/mol. The summed E-state index contributed by atoms with van der Waals surface area (Å²) in [7, 11) is 0. The van der Waals surface area contributed by atoms with Crippen LogP contribution in [-0.4, -0.2) is 16.1 Å². The Hall–Kier alpha value is -2.96. The van der Waals surface area contributed by atoms with Gasteiger partial charge in [0.2, 0.25) is 11.0 Å². The molecule has 1 heterocycles. The normalized spacial score (nSPS) is 11.2. The van der Waals surface area contributed by atoms with E-state index >= 15 is 0 Å². The fourth-order valence-corrected chi connectivity index (χ4v) is 4.63. The van der Waals surface area contributed by atoms with Crippen LogP contribution in [0.3, 0.4) is 0 Å². The molecule has 0 aliphatic heterocycles. The van der Waals surface area contributed by atoms with E-state index < -0.39 is 0 Å². The van der Waals surface area contributed by atoms with Crippen molar-refractivity contribution in [2.24, 2.45) is 0 Å². The Morgan fingerprint density at radius 3 is 2.69 bits per heavy atom. The first-order chi connectivity index (χ1) is 14.2. The maximum absolute atomic E-state index is 12.1. The zero-order valence-electron chi connectivity index (χ0n) is 15.8. The Morgan fingerprint density at radius 1 is 1.03 bits per heavy atom. The summed E-state index contributed by atoms with van der Waals surface area (Å²) in [5, 5.41) is 14.0. The topological polar surface area (TPSA) is 54.9 Å². The third kappa shape index (κ3) is 5.10. The van der Waals surface area contributed by atoms with Crippen LogP contribution in [0.1, 0.15) is 16.7 Å². The second kappa shape index (κ2) is 9.03. The van der Waals surface area contributed by atoms with Crippen LogP contribution in [0.15, 0.2) is 77.1 Å². The molecule has 0 bridgehead atoms. The van der Waals surface area contributed by atoms with E-state index in [1.165, 1.54) is 39.3 Å². The standard InChI is InChI=1S/C23H19N3OS2/c1-16-9-11-17(12-10-16)13-14-21(27)24-22-25-26-23(29-22)28-15-19-7-4-6-18-5-2-3-8-20(18)19/h2-14H,15H2,1H3,(H,24,25,27). The highest BCUT2D eigenvalue weighted by Crippen LogP contribution is 2.30. The molecule has 0 atom stereocenters. The van der Waals surface area contributed by atoms with E-state index in [9.17, 15) is 4.79 Å². The second-order valence-electron chi connectivity index (χ2n) is 6.53. The lowest BCUT2D eigenvalue weighted by molar-refractivity contribution is -0.111. The number of thioether (sulfide) groups is 1. The maximum Gasteiger partial charge on any atom is 0.250 e. The number of hydrogen-bond donors (Lipinski definition) is 1. The van der Waals surface area contributed by atoms with Crippen molar-refractivity contribution in [3.05, 3.63) is 89.5 Å². The first kappa shape index (κ1) is 19.4. The van der Waals surface area contributed by atoms with Crippen LogP contribution in [-0.2, 0) is 10.5 Å². The monoisotopic (exact) mass is 417 g/mol. The van der Waals surface area contributed by atoms with E-state index in [0.717, 1.165) is 15.7 Å². The Bertz CT molecular complexity index is 1160. The fraction of sp³-hybridized carbons (Fsp3) is 0.0870. The van der Waals surface area contributed by atoms with E-state index in [0.29, 0.717) is 5.13 Å². The van der Waals surface area contributed by atoms with E-state index in [4.69, 9.17) is 0 Å². The molecule has 4 nitrogen and oxygen atoms in total. The van der Waals surface area contributed by atoms with Crippen LogP contribution in [0.25, 0.3) is 16.8 Å². The number of carbonyl (C=O) groups is 1. The summed E-state index contributed by atoms with van der Waals surface area (Å²) in [6, 6.07) is 22.7. The van der Waals surface area contributed by atoms with Crippen molar-refractivity contribution in [2.75, 3.05) is 5.32 Å². The first-order valence-electron chi connectivity index (χ1n) is 9.16. The van der Waals surface area contributed by atoms with Crippen molar-refractivity contribution in [2.45, 2.75) is 17.0 Å². The number of hydrogen-bond acceptors (Lipinski definition) is 5. The van der Waals surface area contributed by atoms with Crippen LogP contribution in [0, 0.1) is 6.92 Å². The van der Waals surface area contributed by atoms with Gasteiger partial charge >= 0.3 is 0 Å². The number of nitrogens with one attached hydrogen (secondary N) is 1. The smallest absolute Gasteiger partial charge is 0.250 e. The Morgan fingerprint density at radius 2 is 1.83 bits per heavy atom. The molecule has 0 aliphatic rings. The zero-order valence-corrected chi connectivity index (χ0v) is 17.5. The Labute approximate surface area is 177 Å². The predicted molar refractivity (Wildman–Crippen MR) is 122 cm³/mol. The summed E-state index contributed by atoms with van der Waals surface area (Å²) < 4.78 is 0.829. The molecule has 0 spiro atoms. The number of anilines is 1. The summed E-state index contributed by atoms with van der Waals surface area (Å²) >= 11 is 3.01. The molecule has 0 saturated heterocycles. The summed E-state index contributed by atoms with van der Waals surface area (Å²) in [4.78, 5) is 12.1. The van der Waals surface area contributed by atoms with Crippen molar-refractivity contribution in [3.8, 4) is 0 Å². The van der Waals surface area contributed by atoms with Crippen molar-refractivity contribution in [3.63, 3.8) is 0 Å². The lowest BCUT2D eigenvalue weighted by Crippen LogP contribution is -2.07. The molecule has 1 N–H and O–H groups in total. The predicted octanol–water partition coefficient (Wildman–Crippen LogP) is 5.94. The number of fused-ring (bicyclic) bond motifs is 1. The molecular formula is C23H19N3OS2. The molecule has 4 rings (SSSR count). The molecule has 0 unspecified atom stereocenters. The van der Waals surface area contributed by atoms with Crippen molar-refractivity contribution in [1.82, 2.24) is 10.2 Å². The number of amides is 1. The van der Waals surface area contributed by atoms with Crippen LogP contribution < -0.4 is 5.32 Å². The van der Waals surface area contributed by atoms with Gasteiger partial charge in [-0.25, -0.2) is 0 Å². The van der Waals surface area contributed by atoms with Crippen LogP contribution in [0.2, 0.25) is 0 Å². The van der Waals surface area contributed by atoms with E-state index in [2.05, 4.69) is 51.9 Å². The van der Waals surface area contributed by atoms with Gasteiger partial charge in [-0.3, -0.25) is 10.1 Å². The minimum Gasteiger partial charge on any atom is -0.297 e. The lowest BCUT2D eigenvalue weighted by Gasteiger charge is -2.04. The van der Waals surface area contributed by atoms with Crippen molar-refractivity contribution < 1.29 is 4.79 Å². The Kier molecular flexibility index (Phi) is 6.03. The number of benzene rings is 3. The highest BCUT2D eigenvalue weighted by atomic mass is 32.2. The summed E-state index contributed by atoms with van der Waals surface area (Å²) in [6.45, 7) is 2.03. The molecule has 0 radical (unpaired) electrons. The summed E-state index contributed by atoms with van der Waals surface area (Å²) in [5.74, 6) is 0.587. The molecule has 3 aromatic carbocycles. The van der Waals surface area contributed by atoms with Gasteiger partial charge in [0.25, 0.3) is 0 Å². The lowest BCUT2D eigenvalue weighted by atomic mass is 10.1. The van der Waals surface area contributed by atoms with Gasteiger partial charge in [0.05, 0.1) is 0 Å². The number of aromatic nitrogens is 2. The fourth-order valence-electron chi connectivity index (χ4n) is 2.87. The van der Waals surface area contributed by atoms with Crippen LogP contribution in [0.4, 0.5) is 5.13 Å². The van der Waals surface area contributed by atoms with E-state index in [-0.39, 0.29) is 5.91 Å². The molecule has 1 aromatic heterocycles. The van der Waals surface area contributed by atoms with Gasteiger partial charge in [0, 0.05) is 11.8 Å². The molecule has 1 amide bonds. The summed E-state index contributed by atoms with van der Waals surface area (Å²) in [5.41, 5.74) is 3.43. The largest absolute Gasteiger partial charge is 0.297 e. The van der Waals surface area contributed by atoms with Gasteiger partial charge in [0.1, 0.15) is 0 Å². The zero-order chi connectivity index (χ0) is 20.1. The first-order valence-corrected chi connectivity index (χ1v) is 11.0. The number of aryl methyl sites for hydroxylation is 1. The maximum atomic E-state index is 12.1. The third-order valence-corrected chi connectivity index (χ3v) is 6.39. The van der Waals surface area contributed by atoms with Gasteiger partial charge in [-0.2, -0.15) is 0 Å². The second-order valence-corrected chi connectivity index (χ2v) is 8.73. The van der Waals surface area contributed by atoms with Crippen LogP contribution in [0.5, 0.6) is 0 Å². The highest BCUT2D eigenvalue weighted by Gasteiger charge is 2.08. The number of carbonyl (C=O) groups excluding carboxylic acids is 1. The Balaban J connectivity index is 1.35. The average molecular weight is 418 g/mol. The van der Waals surface area contributed by atoms with Gasteiger partial charge < -0.3 is 0 Å². The highest BCUT2D eigenvalue weighted by molar-refractivity contribution is 8.00. The minimum absolute atomic E-state index is 0.215. The van der Waals surface area contributed by atoms with Gasteiger partial charge in [-0.05, 0) is 34.9 Å². The van der Waals surface area contributed by atoms with Gasteiger partial charge in [0.15, 0.2) is 4.34 Å². The third-order valence-electron chi connectivity index (χ3n) is 4.37. The SMILES string of the molecule is Cc1ccc(C=CC(=O)Nc2nnc(SCc3cccc4ccccc34)s2)cc1. The average Bonchev–Trinajstić information content (AvgIpc) is 3.19. The molecule has 6 heteroatoms. The number of rotatable bonds is 6. The minimum atomic E-state index is -0.215. The van der Waals surface area contributed by atoms with Gasteiger partial charge in [-0.15, -0.1) is 10.2 Å². The van der Waals surface area contributed by atoms with E-state index in [1.807, 2.05) is 37.3 Å². The van der Waals surface area contributed by atoms with Crippen molar-refractivity contribution >= 4 is 51.0 Å². The summed E-state index contributed by atoms with van der Waals surface area (Å²) in [6.07, 6.45) is 3.29. The molecule has 0 aliphatic carbocycles. The molecule has 29 heavy (non-hydrogen) atoms. The molecule has 4 aromatic rings. The number of nitrogens with zero attached hydrogens (tertiary/aromatic N) is 2. The quantitative estimate of drug-likeness (QED) is 0.239. The van der Waals surface area contributed by atoms with Gasteiger partial charge in [-0.1, -0.05) is 95.4 Å². The van der Waals surface area contributed by atoms with E-state index in [1.54, 1.807) is 17.8 Å². The molecule has 0 saturated carbocycles. The van der Waals surface area contributed by atoms with Crippen molar-refractivity contribution in [1.29, 1.82) is 0 Å². The van der Waals surface area contributed by atoms with Crippen LogP contribution >= 0.6 is 23.1 Å².